The molecule has 1 heterocycles. The van der Waals surface area contributed by atoms with Crippen molar-refractivity contribution in [2.75, 3.05) is 19.0 Å². The predicted octanol–water partition coefficient (Wildman–Crippen LogP) is 7.70. The average Bonchev–Trinajstić information content (AvgIpc) is 3.39. The first-order valence-electron chi connectivity index (χ1n) is 13.2. The number of hydrogen-bond donors (Lipinski definition) is 1. The zero-order chi connectivity index (χ0) is 28.5. The van der Waals surface area contributed by atoms with Crippen molar-refractivity contribution in [1.82, 2.24) is 0 Å². The van der Waals surface area contributed by atoms with E-state index in [-0.39, 0.29) is 12.5 Å². The number of methoxy groups -OCH3 is 1. The molecule has 40 heavy (non-hydrogen) atoms. The van der Waals surface area contributed by atoms with Crippen molar-refractivity contribution in [3.05, 3.63) is 106 Å². The minimum Gasteiger partial charge on any atom is -0.493 e. The molecule has 0 unspecified atom stereocenters. The maximum Gasteiger partial charge on any atom is 0.341 e. The van der Waals surface area contributed by atoms with Crippen molar-refractivity contribution in [3.63, 3.8) is 0 Å². The van der Waals surface area contributed by atoms with E-state index in [4.69, 9.17) is 14.2 Å². The van der Waals surface area contributed by atoms with E-state index < -0.39 is 5.97 Å². The van der Waals surface area contributed by atoms with Crippen LogP contribution in [0.25, 0.3) is 17.2 Å². The van der Waals surface area contributed by atoms with Gasteiger partial charge in [-0.2, -0.15) is 0 Å². The van der Waals surface area contributed by atoms with Crippen LogP contribution in [-0.2, 0) is 22.6 Å². The Morgan fingerprint density at radius 3 is 2.45 bits per heavy atom. The number of carbonyl (C=O) groups is 2. The number of hydrogen-bond acceptors (Lipinski definition) is 6. The summed E-state index contributed by atoms with van der Waals surface area (Å²) in [6.45, 7) is 6.56. The molecule has 0 fully saturated rings. The molecule has 1 aromatic heterocycles. The molecule has 206 valence electrons. The van der Waals surface area contributed by atoms with Gasteiger partial charge in [0.15, 0.2) is 11.5 Å². The molecule has 4 aromatic rings. The molecule has 0 saturated heterocycles. The number of aryl methyl sites for hydroxylation is 2. The lowest BCUT2D eigenvalue weighted by Crippen LogP contribution is -2.12. The number of anilines is 1. The SMILES string of the molecule is CCOC(=O)c1c(-c2ccc(CC)cc2)csc1NC(=O)/C=C/c1ccc(OCc2ccccc2C)c(OC)c1. The van der Waals surface area contributed by atoms with Crippen LogP contribution in [0.3, 0.4) is 0 Å². The van der Waals surface area contributed by atoms with Crippen LogP contribution in [0.15, 0.2) is 78.2 Å². The van der Waals surface area contributed by atoms with Crippen LogP contribution in [0.2, 0.25) is 0 Å². The van der Waals surface area contributed by atoms with Gasteiger partial charge < -0.3 is 19.5 Å². The minimum absolute atomic E-state index is 0.239. The van der Waals surface area contributed by atoms with Gasteiger partial charge in [0.2, 0.25) is 5.91 Å². The summed E-state index contributed by atoms with van der Waals surface area (Å²) in [6, 6.07) is 21.6. The molecule has 6 nitrogen and oxygen atoms in total. The number of ether oxygens (including phenoxy) is 3. The molecule has 0 radical (unpaired) electrons. The highest BCUT2D eigenvalue weighted by Gasteiger charge is 2.22. The highest BCUT2D eigenvalue weighted by molar-refractivity contribution is 7.15. The van der Waals surface area contributed by atoms with Gasteiger partial charge in [-0.25, -0.2) is 4.79 Å². The maximum atomic E-state index is 12.9. The summed E-state index contributed by atoms with van der Waals surface area (Å²) in [7, 11) is 1.58. The molecule has 4 rings (SSSR count). The highest BCUT2D eigenvalue weighted by atomic mass is 32.1. The van der Waals surface area contributed by atoms with Gasteiger partial charge in [-0.3, -0.25) is 4.79 Å². The molecule has 1 N–H and O–H groups in total. The van der Waals surface area contributed by atoms with Gasteiger partial charge in [-0.1, -0.05) is 61.5 Å². The van der Waals surface area contributed by atoms with E-state index in [1.54, 1.807) is 20.1 Å². The van der Waals surface area contributed by atoms with Crippen LogP contribution in [0.4, 0.5) is 5.00 Å². The number of thiophene rings is 1. The molecular weight excluding hydrogens is 522 g/mol. The second-order valence-corrected chi connectivity index (χ2v) is 9.95. The van der Waals surface area contributed by atoms with E-state index in [1.807, 2.05) is 79.0 Å². The van der Waals surface area contributed by atoms with Crippen molar-refractivity contribution in [3.8, 4) is 22.6 Å². The van der Waals surface area contributed by atoms with Crippen LogP contribution in [0.1, 0.15) is 46.5 Å². The Kier molecular flexibility index (Phi) is 9.76. The Balaban J connectivity index is 1.48. The minimum atomic E-state index is -0.469. The molecule has 3 aromatic carbocycles. The number of carbonyl (C=O) groups excluding carboxylic acids is 2. The summed E-state index contributed by atoms with van der Waals surface area (Å²) in [5, 5.41) is 5.17. The Morgan fingerprint density at radius 1 is 0.975 bits per heavy atom. The van der Waals surface area contributed by atoms with Gasteiger partial charge in [-0.05, 0) is 66.3 Å². The summed E-state index contributed by atoms with van der Waals surface area (Å²) in [6.07, 6.45) is 4.04. The maximum absolute atomic E-state index is 12.9. The quantitative estimate of drug-likeness (QED) is 0.152. The Bertz CT molecular complexity index is 1500. The zero-order valence-electron chi connectivity index (χ0n) is 23.2. The van der Waals surface area contributed by atoms with Gasteiger partial charge in [0.05, 0.1) is 13.7 Å². The second-order valence-electron chi connectivity index (χ2n) is 9.07. The van der Waals surface area contributed by atoms with Gasteiger partial charge >= 0.3 is 5.97 Å². The van der Waals surface area contributed by atoms with Crippen LogP contribution >= 0.6 is 11.3 Å². The first kappa shape index (κ1) is 28.6. The third-order valence-electron chi connectivity index (χ3n) is 6.44. The largest absolute Gasteiger partial charge is 0.493 e. The van der Waals surface area contributed by atoms with Crippen LogP contribution in [-0.4, -0.2) is 25.6 Å². The molecule has 7 heteroatoms. The number of benzene rings is 3. The summed E-state index contributed by atoms with van der Waals surface area (Å²) >= 11 is 1.29. The van der Waals surface area contributed by atoms with Gasteiger partial charge in [0.1, 0.15) is 17.2 Å². The second kappa shape index (κ2) is 13.6. The van der Waals surface area contributed by atoms with Crippen LogP contribution in [0.5, 0.6) is 11.5 Å². The zero-order valence-corrected chi connectivity index (χ0v) is 24.0. The molecular formula is C33H33NO5S. The molecule has 0 atom stereocenters. The third kappa shape index (κ3) is 6.98. The topological polar surface area (TPSA) is 73.9 Å². The van der Waals surface area contributed by atoms with Crippen molar-refractivity contribution >= 4 is 34.3 Å². The predicted molar refractivity (Wildman–Crippen MR) is 161 cm³/mol. The number of rotatable bonds is 11. The first-order valence-corrected chi connectivity index (χ1v) is 14.0. The molecule has 0 aliphatic rings. The normalized spacial score (nSPS) is 10.9. The van der Waals surface area contributed by atoms with E-state index in [0.717, 1.165) is 34.2 Å². The van der Waals surface area contributed by atoms with E-state index in [1.165, 1.54) is 23.0 Å². The Morgan fingerprint density at radius 2 is 1.75 bits per heavy atom. The fourth-order valence-corrected chi connectivity index (χ4v) is 5.11. The van der Waals surface area contributed by atoms with Crippen LogP contribution in [0, 0.1) is 6.92 Å². The van der Waals surface area contributed by atoms with Gasteiger partial charge in [0, 0.05) is 17.0 Å². The van der Waals surface area contributed by atoms with Crippen molar-refractivity contribution in [2.24, 2.45) is 0 Å². The fourth-order valence-electron chi connectivity index (χ4n) is 4.15. The number of nitrogens with one attached hydrogen (secondary N) is 1. The molecule has 0 aliphatic carbocycles. The monoisotopic (exact) mass is 555 g/mol. The highest BCUT2D eigenvalue weighted by Crippen LogP contribution is 2.36. The van der Waals surface area contributed by atoms with Crippen molar-refractivity contribution in [2.45, 2.75) is 33.8 Å². The van der Waals surface area contributed by atoms with Crippen molar-refractivity contribution in [1.29, 1.82) is 0 Å². The van der Waals surface area contributed by atoms with E-state index in [9.17, 15) is 9.59 Å². The molecule has 0 aliphatic heterocycles. The number of amides is 1. The van der Waals surface area contributed by atoms with E-state index in [0.29, 0.717) is 28.7 Å². The van der Waals surface area contributed by atoms with Crippen LogP contribution < -0.4 is 14.8 Å². The smallest absolute Gasteiger partial charge is 0.341 e. The molecule has 0 spiro atoms. The van der Waals surface area contributed by atoms with Gasteiger partial charge in [0.25, 0.3) is 0 Å². The molecule has 1 amide bonds. The van der Waals surface area contributed by atoms with Crippen molar-refractivity contribution < 1.29 is 23.8 Å². The van der Waals surface area contributed by atoms with E-state index in [2.05, 4.69) is 12.2 Å². The van der Waals surface area contributed by atoms with Gasteiger partial charge in [-0.15, -0.1) is 11.3 Å². The lowest BCUT2D eigenvalue weighted by molar-refractivity contribution is -0.111. The third-order valence-corrected chi connectivity index (χ3v) is 7.34. The lowest BCUT2D eigenvalue weighted by atomic mass is 10.0. The average molecular weight is 556 g/mol. The number of esters is 1. The molecule has 0 bridgehead atoms. The Labute approximate surface area is 239 Å². The summed E-state index contributed by atoms with van der Waals surface area (Å²) in [5.74, 6) is 0.352. The Hall–Kier alpha value is -4.36. The lowest BCUT2D eigenvalue weighted by Gasteiger charge is -2.12. The molecule has 0 saturated carbocycles. The first-order chi connectivity index (χ1) is 19.4. The summed E-state index contributed by atoms with van der Waals surface area (Å²) in [4.78, 5) is 25.7. The van der Waals surface area contributed by atoms with E-state index >= 15 is 0 Å². The summed E-state index contributed by atoms with van der Waals surface area (Å²) < 4.78 is 16.8. The summed E-state index contributed by atoms with van der Waals surface area (Å²) in [5.41, 5.74) is 6.21. The standard InChI is InChI=1S/C33H33NO5S/c1-5-23-11-15-25(16-12-23)27-21-40-32(31(27)33(36)38-6-2)34-30(35)18-14-24-13-17-28(29(19-24)37-4)39-20-26-10-8-7-9-22(26)3/h7-19,21H,5-6,20H2,1-4H3,(H,34,35)/b18-14+. The fraction of sp³-hybridized carbons (Fsp3) is 0.212.